The predicted molar refractivity (Wildman–Crippen MR) is 51.6 cm³/mol. The van der Waals surface area contributed by atoms with Gasteiger partial charge in [0.05, 0.1) is 19.3 Å². The van der Waals surface area contributed by atoms with Crippen molar-refractivity contribution in [3.63, 3.8) is 0 Å². The van der Waals surface area contributed by atoms with Crippen LogP contribution in [0.1, 0.15) is 26.7 Å². The molecule has 0 bridgehead atoms. The topological polar surface area (TPSA) is 52.6 Å². The average molecular weight is 200 g/mol. The van der Waals surface area contributed by atoms with Gasteiger partial charge in [-0.2, -0.15) is 0 Å². The van der Waals surface area contributed by atoms with Crippen molar-refractivity contribution in [2.45, 2.75) is 26.7 Å². The number of carbonyl (C=O) groups excluding carboxylic acids is 2. The maximum atomic E-state index is 11.3. The lowest BCUT2D eigenvalue weighted by molar-refractivity contribution is -0.138. The molecule has 0 aliphatic carbocycles. The number of methoxy groups -OCH3 is 1. The van der Waals surface area contributed by atoms with Crippen LogP contribution in [0.25, 0.3) is 0 Å². The predicted octanol–water partition coefficient (Wildman–Crippen LogP) is 1.45. The number of rotatable bonds is 6. The molecule has 0 aromatic carbocycles. The second kappa shape index (κ2) is 7.12. The van der Waals surface area contributed by atoms with Crippen LogP contribution in [0.15, 0.2) is 11.3 Å². The van der Waals surface area contributed by atoms with Crippen molar-refractivity contribution in [2.24, 2.45) is 0 Å². The first kappa shape index (κ1) is 12.7. The molecule has 0 amide bonds. The monoisotopic (exact) mass is 200 g/mol. The average Bonchev–Trinajstić information content (AvgIpc) is 2.19. The molecule has 0 saturated heterocycles. The van der Waals surface area contributed by atoms with Crippen LogP contribution in [0.4, 0.5) is 0 Å². The molecule has 14 heavy (non-hydrogen) atoms. The van der Waals surface area contributed by atoms with E-state index in [2.05, 4.69) is 0 Å². The van der Waals surface area contributed by atoms with Gasteiger partial charge in [0.25, 0.3) is 0 Å². The largest absolute Gasteiger partial charge is 0.501 e. The molecule has 0 radical (unpaired) electrons. The number of allylic oxidation sites excluding steroid dienone is 1. The molecule has 0 heterocycles. The zero-order chi connectivity index (χ0) is 11.0. The highest BCUT2D eigenvalue weighted by Crippen LogP contribution is 2.12. The molecule has 0 aromatic heterocycles. The molecule has 80 valence electrons. The summed E-state index contributed by atoms with van der Waals surface area (Å²) in [6.07, 6.45) is 1.57. The molecule has 0 atom stereocenters. The van der Waals surface area contributed by atoms with Gasteiger partial charge in [-0.25, -0.2) is 4.79 Å². The zero-order valence-electron chi connectivity index (χ0n) is 8.83. The van der Waals surface area contributed by atoms with Gasteiger partial charge in [0.2, 0.25) is 0 Å². The van der Waals surface area contributed by atoms with Gasteiger partial charge < -0.3 is 14.3 Å². The molecule has 0 aliphatic rings. The van der Waals surface area contributed by atoms with E-state index in [9.17, 15) is 9.59 Å². The second-order valence-electron chi connectivity index (χ2n) is 2.68. The van der Waals surface area contributed by atoms with E-state index in [1.54, 1.807) is 13.8 Å². The first-order valence-corrected chi connectivity index (χ1v) is 4.51. The number of esters is 1. The summed E-state index contributed by atoms with van der Waals surface area (Å²) in [6.45, 7) is 3.70. The molecule has 0 spiro atoms. The number of ether oxygens (including phenoxy) is 2. The molecule has 0 saturated carbocycles. The van der Waals surface area contributed by atoms with Gasteiger partial charge in [-0.15, -0.1) is 0 Å². The standard InChI is InChI=1S/C10H16O4/c1-4-14-10(12)8(2)9(13-3)6-5-7-11/h7H,4-6H2,1-3H3/b9-8+. The Kier molecular flexibility index (Phi) is 6.45. The van der Waals surface area contributed by atoms with Gasteiger partial charge in [-0.1, -0.05) is 0 Å². The Bertz CT molecular complexity index is 230. The Morgan fingerprint density at radius 3 is 2.50 bits per heavy atom. The summed E-state index contributed by atoms with van der Waals surface area (Å²) < 4.78 is 9.80. The first-order chi connectivity index (χ1) is 6.67. The van der Waals surface area contributed by atoms with Crippen LogP contribution in [-0.4, -0.2) is 26.0 Å². The summed E-state index contributed by atoms with van der Waals surface area (Å²) in [5, 5.41) is 0. The zero-order valence-corrected chi connectivity index (χ0v) is 8.83. The van der Waals surface area contributed by atoms with E-state index in [-0.39, 0.29) is 0 Å². The summed E-state index contributed by atoms with van der Waals surface area (Å²) in [5.41, 5.74) is 0.427. The first-order valence-electron chi connectivity index (χ1n) is 4.51. The molecular weight excluding hydrogens is 184 g/mol. The van der Waals surface area contributed by atoms with Crippen LogP contribution in [0.5, 0.6) is 0 Å². The third-order valence-electron chi connectivity index (χ3n) is 1.74. The van der Waals surface area contributed by atoms with Crippen molar-refractivity contribution in [1.82, 2.24) is 0 Å². The van der Waals surface area contributed by atoms with Crippen LogP contribution in [0.2, 0.25) is 0 Å². The van der Waals surface area contributed by atoms with Crippen molar-refractivity contribution in [1.29, 1.82) is 0 Å². The van der Waals surface area contributed by atoms with Crippen LogP contribution in [0.3, 0.4) is 0 Å². The summed E-state index contributed by atoms with van der Waals surface area (Å²) in [6, 6.07) is 0. The van der Waals surface area contributed by atoms with E-state index in [0.717, 1.165) is 6.29 Å². The van der Waals surface area contributed by atoms with Gasteiger partial charge in [-0.05, 0) is 13.8 Å². The lowest BCUT2D eigenvalue weighted by atomic mass is 10.2. The summed E-state index contributed by atoms with van der Waals surface area (Å²) in [7, 11) is 1.48. The third-order valence-corrected chi connectivity index (χ3v) is 1.74. The minimum absolute atomic E-state index is 0.334. The highest BCUT2D eigenvalue weighted by Gasteiger charge is 2.11. The quantitative estimate of drug-likeness (QED) is 0.282. The Balaban J connectivity index is 4.46. The van der Waals surface area contributed by atoms with Gasteiger partial charge in [0.15, 0.2) is 0 Å². The molecule has 4 heteroatoms. The van der Waals surface area contributed by atoms with E-state index in [4.69, 9.17) is 9.47 Å². The molecular formula is C10H16O4. The smallest absolute Gasteiger partial charge is 0.337 e. The summed E-state index contributed by atoms with van der Waals surface area (Å²) >= 11 is 0. The SMILES string of the molecule is CCOC(=O)/C(C)=C(\CCC=O)OC. The van der Waals surface area contributed by atoms with E-state index >= 15 is 0 Å². The van der Waals surface area contributed by atoms with Gasteiger partial charge in [0.1, 0.15) is 12.0 Å². The lowest BCUT2D eigenvalue weighted by Crippen LogP contribution is -2.08. The third kappa shape index (κ3) is 4.07. The Hall–Kier alpha value is -1.32. The van der Waals surface area contributed by atoms with Gasteiger partial charge in [-0.3, -0.25) is 0 Å². The van der Waals surface area contributed by atoms with Crippen LogP contribution < -0.4 is 0 Å². The number of hydrogen-bond donors (Lipinski definition) is 0. The summed E-state index contributed by atoms with van der Waals surface area (Å²) in [5.74, 6) is 0.116. The van der Waals surface area contributed by atoms with Gasteiger partial charge >= 0.3 is 5.97 Å². The highest BCUT2D eigenvalue weighted by molar-refractivity contribution is 5.88. The lowest BCUT2D eigenvalue weighted by Gasteiger charge is -2.08. The van der Waals surface area contributed by atoms with Crippen molar-refractivity contribution in [3.05, 3.63) is 11.3 Å². The van der Waals surface area contributed by atoms with E-state index in [0.29, 0.717) is 30.8 Å². The molecule has 0 unspecified atom stereocenters. The fourth-order valence-electron chi connectivity index (χ4n) is 0.986. The number of hydrogen-bond acceptors (Lipinski definition) is 4. The second-order valence-corrected chi connectivity index (χ2v) is 2.68. The molecule has 0 aliphatic heterocycles. The minimum atomic E-state index is -0.393. The number of carbonyl (C=O) groups is 2. The highest BCUT2D eigenvalue weighted by atomic mass is 16.5. The molecule has 0 N–H and O–H groups in total. The van der Waals surface area contributed by atoms with Crippen LogP contribution >= 0.6 is 0 Å². The molecule has 0 fully saturated rings. The van der Waals surface area contributed by atoms with E-state index < -0.39 is 5.97 Å². The fraction of sp³-hybridized carbons (Fsp3) is 0.600. The maximum Gasteiger partial charge on any atom is 0.337 e. The van der Waals surface area contributed by atoms with Crippen LogP contribution in [0, 0.1) is 0 Å². The van der Waals surface area contributed by atoms with Crippen molar-refractivity contribution >= 4 is 12.3 Å². The molecule has 4 nitrogen and oxygen atoms in total. The Morgan fingerprint density at radius 1 is 1.43 bits per heavy atom. The number of aldehydes is 1. The molecule has 0 aromatic rings. The van der Waals surface area contributed by atoms with Crippen molar-refractivity contribution in [2.75, 3.05) is 13.7 Å². The fourth-order valence-corrected chi connectivity index (χ4v) is 0.986. The van der Waals surface area contributed by atoms with Crippen molar-refractivity contribution in [3.8, 4) is 0 Å². The molecule has 0 rings (SSSR count). The van der Waals surface area contributed by atoms with E-state index in [1.807, 2.05) is 0 Å². The Morgan fingerprint density at radius 2 is 2.07 bits per heavy atom. The van der Waals surface area contributed by atoms with Crippen LogP contribution in [-0.2, 0) is 19.1 Å². The minimum Gasteiger partial charge on any atom is -0.501 e. The van der Waals surface area contributed by atoms with E-state index in [1.165, 1.54) is 7.11 Å². The summed E-state index contributed by atoms with van der Waals surface area (Å²) in [4.78, 5) is 21.4. The van der Waals surface area contributed by atoms with Crippen molar-refractivity contribution < 1.29 is 19.1 Å². The maximum absolute atomic E-state index is 11.3. The Labute approximate surface area is 83.9 Å². The normalized spacial score (nSPS) is 11.6. The van der Waals surface area contributed by atoms with Gasteiger partial charge in [0, 0.05) is 12.8 Å².